The molecule has 1 N–H and O–H groups in total. The number of carbonyl (C=O) groups excluding carboxylic acids is 1. The van der Waals surface area contributed by atoms with Gasteiger partial charge >= 0.3 is 0 Å². The molecule has 0 saturated carbocycles. The van der Waals surface area contributed by atoms with Crippen LogP contribution in [0, 0.1) is 13.8 Å². The highest BCUT2D eigenvalue weighted by Gasteiger charge is 2.17. The second kappa shape index (κ2) is 7.39. The van der Waals surface area contributed by atoms with E-state index in [-0.39, 0.29) is 5.91 Å². The highest BCUT2D eigenvalue weighted by Crippen LogP contribution is 2.27. The van der Waals surface area contributed by atoms with Gasteiger partial charge in [-0.25, -0.2) is 0 Å². The van der Waals surface area contributed by atoms with Crippen LogP contribution < -0.4 is 14.8 Å². The van der Waals surface area contributed by atoms with Gasteiger partial charge in [0.15, 0.2) is 0 Å². The maximum atomic E-state index is 12.8. The van der Waals surface area contributed by atoms with E-state index in [1.807, 2.05) is 32.0 Å². The first-order chi connectivity index (χ1) is 12.5. The summed E-state index contributed by atoms with van der Waals surface area (Å²) in [6.07, 6.45) is 1.65. The number of furan rings is 1. The van der Waals surface area contributed by atoms with Crippen molar-refractivity contribution in [3.63, 3.8) is 0 Å². The summed E-state index contributed by atoms with van der Waals surface area (Å²) < 4.78 is 18.0. The van der Waals surface area contributed by atoms with Crippen molar-refractivity contribution in [2.75, 3.05) is 19.5 Å². The Morgan fingerprint density at radius 3 is 2.38 bits per heavy atom. The Morgan fingerprint density at radius 2 is 1.81 bits per heavy atom. The van der Waals surface area contributed by atoms with Crippen molar-refractivity contribution < 1.29 is 18.7 Å². The summed E-state index contributed by atoms with van der Waals surface area (Å²) in [4.78, 5) is 12.8. The second-order valence-electron chi connectivity index (χ2n) is 6.01. The third-order valence-corrected chi connectivity index (χ3v) is 4.32. The van der Waals surface area contributed by atoms with Gasteiger partial charge in [0, 0.05) is 35.3 Å². The predicted molar refractivity (Wildman–Crippen MR) is 99.2 cm³/mol. The van der Waals surface area contributed by atoms with Crippen molar-refractivity contribution >= 4 is 11.6 Å². The van der Waals surface area contributed by atoms with Crippen molar-refractivity contribution in [2.45, 2.75) is 20.4 Å². The van der Waals surface area contributed by atoms with Crippen molar-refractivity contribution in [1.29, 1.82) is 0 Å². The van der Waals surface area contributed by atoms with Crippen LogP contribution in [0.15, 0.2) is 47.1 Å². The van der Waals surface area contributed by atoms with Crippen molar-refractivity contribution in [3.05, 3.63) is 65.4 Å². The standard InChI is InChI=1S/C20H22N2O4/c1-13-8-19(14(2)22(13)12-16-6-5-7-26-16)20(23)21-15-9-17(24-3)11-18(10-15)25-4/h5-11H,12H2,1-4H3,(H,21,23). The summed E-state index contributed by atoms with van der Waals surface area (Å²) in [5.74, 6) is 1.89. The lowest BCUT2D eigenvalue weighted by molar-refractivity contribution is 0.102. The zero-order chi connectivity index (χ0) is 18.7. The third kappa shape index (κ3) is 3.59. The van der Waals surface area contributed by atoms with Gasteiger partial charge in [-0.3, -0.25) is 4.79 Å². The minimum absolute atomic E-state index is 0.181. The number of rotatable bonds is 6. The fourth-order valence-electron chi connectivity index (χ4n) is 2.91. The number of nitrogens with zero attached hydrogens (tertiary/aromatic N) is 1. The SMILES string of the molecule is COc1cc(NC(=O)c2cc(C)n(Cc3ccco3)c2C)cc(OC)c1. The lowest BCUT2D eigenvalue weighted by Gasteiger charge is -2.10. The molecule has 1 aromatic carbocycles. The molecule has 6 heteroatoms. The largest absolute Gasteiger partial charge is 0.497 e. The number of hydrogen-bond acceptors (Lipinski definition) is 4. The molecule has 136 valence electrons. The number of carbonyl (C=O) groups is 1. The van der Waals surface area contributed by atoms with Gasteiger partial charge in [-0.1, -0.05) is 0 Å². The molecule has 0 fully saturated rings. The number of anilines is 1. The van der Waals surface area contributed by atoms with Crippen LogP contribution in [0.5, 0.6) is 11.5 Å². The van der Waals surface area contributed by atoms with Crippen LogP contribution in [0.4, 0.5) is 5.69 Å². The summed E-state index contributed by atoms with van der Waals surface area (Å²) >= 11 is 0. The first-order valence-corrected chi connectivity index (χ1v) is 8.25. The van der Waals surface area contributed by atoms with E-state index in [1.165, 1.54) is 0 Å². The molecule has 0 unspecified atom stereocenters. The smallest absolute Gasteiger partial charge is 0.257 e. The van der Waals surface area contributed by atoms with E-state index in [0.717, 1.165) is 17.1 Å². The molecule has 2 heterocycles. The predicted octanol–water partition coefficient (Wildman–Crippen LogP) is 4.02. The zero-order valence-electron chi connectivity index (χ0n) is 15.3. The molecule has 0 aliphatic heterocycles. The van der Waals surface area contributed by atoms with Gasteiger partial charge in [0.05, 0.1) is 32.6 Å². The minimum atomic E-state index is -0.181. The Kier molecular flexibility index (Phi) is 5.02. The van der Waals surface area contributed by atoms with E-state index in [1.54, 1.807) is 38.7 Å². The van der Waals surface area contributed by atoms with Crippen LogP contribution in [-0.4, -0.2) is 24.7 Å². The van der Waals surface area contributed by atoms with E-state index in [9.17, 15) is 4.79 Å². The van der Waals surface area contributed by atoms with Crippen LogP contribution >= 0.6 is 0 Å². The van der Waals surface area contributed by atoms with Gasteiger partial charge < -0.3 is 23.8 Å². The molecule has 0 aliphatic rings. The third-order valence-electron chi connectivity index (χ3n) is 4.32. The lowest BCUT2D eigenvalue weighted by Crippen LogP contribution is -2.13. The summed E-state index contributed by atoms with van der Waals surface area (Å²) in [5, 5.41) is 2.91. The summed E-state index contributed by atoms with van der Waals surface area (Å²) in [6, 6.07) is 10.9. The normalized spacial score (nSPS) is 10.6. The maximum Gasteiger partial charge on any atom is 0.257 e. The van der Waals surface area contributed by atoms with Crippen molar-refractivity contribution in [1.82, 2.24) is 4.57 Å². The Balaban J connectivity index is 1.84. The van der Waals surface area contributed by atoms with Gasteiger partial charge in [-0.05, 0) is 32.0 Å². The van der Waals surface area contributed by atoms with Crippen LogP contribution in [0.3, 0.4) is 0 Å². The lowest BCUT2D eigenvalue weighted by atomic mass is 10.2. The number of aryl methyl sites for hydroxylation is 1. The Hall–Kier alpha value is -3.15. The Morgan fingerprint density at radius 1 is 1.12 bits per heavy atom. The Labute approximate surface area is 152 Å². The average Bonchev–Trinajstić information content (AvgIpc) is 3.25. The molecule has 2 aromatic heterocycles. The number of nitrogens with one attached hydrogen (secondary N) is 1. The maximum absolute atomic E-state index is 12.8. The monoisotopic (exact) mass is 354 g/mol. The molecule has 3 aromatic rings. The van der Waals surface area contributed by atoms with Crippen LogP contribution in [-0.2, 0) is 6.54 Å². The van der Waals surface area contributed by atoms with Crippen LogP contribution in [0.1, 0.15) is 27.5 Å². The van der Waals surface area contributed by atoms with Gasteiger partial charge in [-0.15, -0.1) is 0 Å². The number of hydrogen-bond donors (Lipinski definition) is 1. The zero-order valence-corrected chi connectivity index (χ0v) is 15.3. The van der Waals surface area contributed by atoms with E-state index in [0.29, 0.717) is 29.3 Å². The molecular formula is C20H22N2O4. The van der Waals surface area contributed by atoms with E-state index in [2.05, 4.69) is 9.88 Å². The van der Waals surface area contributed by atoms with Crippen LogP contribution in [0.25, 0.3) is 0 Å². The average molecular weight is 354 g/mol. The molecule has 3 rings (SSSR count). The highest BCUT2D eigenvalue weighted by molar-refractivity contribution is 6.05. The molecule has 0 aliphatic carbocycles. The van der Waals surface area contributed by atoms with Gasteiger partial charge in [-0.2, -0.15) is 0 Å². The molecule has 0 spiro atoms. The van der Waals surface area contributed by atoms with Gasteiger partial charge in [0.2, 0.25) is 0 Å². The van der Waals surface area contributed by atoms with Crippen molar-refractivity contribution in [2.24, 2.45) is 0 Å². The molecule has 26 heavy (non-hydrogen) atoms. The number of methoxy groups -OCH3 is 2. The molecule has 1 amide bonds. The first-order valence-electron chi connectivity index (χ1n) is 8.25. The molecule has 0 bridgehead atoms. The van der Waals surface area contributed by atoms with Crippen LogP contribution in [0.2, 0.25) is 0 Å². The fourth-order valence-corrected chi connectivity index (χ4v) is 2.91. The summed E-state index contributed by atoms with van der Waals surface area (Å²) in [5.41, 5.74) is 3.11. The van der Waals surface area contributed by atoms with E-state index < -0.39 is 0 Å². The summed E-state index contributed by atoms with van der Waals surface area (Å²) in [7, 11) is 3.14. The van der Waals surface area contributed by atoms with Gasteiger partial charge in [0.1, 0.15) is 17.3 Å². The first kappa shape index (κ1) is 17.7. The number of benzene rings is 1. The Bertz CT molecular complexity index is 888. The number of amides is 1. The summed E-state index contributed by atoms with van der Waals surface area (Å²) in [6.45, 7) is 4.49. The number of ether oxygens (including phenoxy) is 2. The molecule has 0 saturated heterocycles. The molecule has 6 nitrogen and oxygen atoms in total. The van der Waals surface area contributed by atoms with E-state index >= 15 is 0 Å². The second-order valence-corrected chi connectivity index (χ2v) is 6.01. The number of aromatic nitrogens is 1. The topological polar surface area (TPSA) is 65.6 Å². The highest BCUT2D eigenvalue weighted by atomic mass is 16.5. The van der Waals surface area contributed by atoms with Gasteiger partial charge in [0.25, 0.3) is 5.91 Å². The fraction of sp³-hybridized carbons (Fsp3) is 0.250. The van der Waals surface area contributed by atoms with Crippen molar-refractivity contribution in [3.8, 4) is 11.5 Å². The quantitative estimate of drug-likeness (QED) is 0.726. The molecular weight excluding hydrogens is 332 g/mol. The van der Waals surface area contributed by atoms with E-state index in [4.69, 9.17) is 13.9 Å². The molecule has 0 radical (unpaired) electrons. The molecule has 0 atom stereocenters. The minimum Gasteiger partial charge on any atom is -0.497 e.